The van der Waals surface area contributed by atoms with E-state index in [-0.39, 0.29) is 29.4 Å². The number of hydrogen-bond acceptors (Lipinski definition) is 9. The fraction of sp³-hybridized carbons (Fsp3) is 0.261. The van der Waals surface area contributed by atoms with E-state index in [9.17, 15) is 19.2 Å². The number of nitrogens with zero attached hydrogens (tertiary/aromatic N) is 2. The number of esters is 1. The predicted molar refractivity (Wildman–Crippen MR) is 134 cm³/mol. The third kappa shape index (κ3) is 5.49. The van der Waals surface area contributed by atoms with Crippen LogP contribution in [0, 0.1) is 13.8 Å². The molecule has 0 aliphatic heterocycles. The van der Waals surface area contributed by atoms with E-state index in [1.807, 2.05) is 19.9 Å². The molecule has 0 unspecified atom stereocenters. The smallest absolute Gasteiger partial charge is 0.325 e. The maximum Gasteiger partial charge on any atom is 0.325 e. The van der Waals surface area contributed by atoms with Crippen LogP contribution in [0.4, 0.5) is 11.4 Å². The van der Waals surface area contributed by atoms with Gasteiger partial charge in [0.1, 0.15) is 11.4 Å². The molecule has 0 radical (unpaired) electrons. The Morgan fingerprint density at radius 1 is 1.17 bits per heavy atom. The summed E-state index contributed by atoms with van der Waals surface area (Å²) in [7, 11) is 0. The second kappa shape index (κ2) is 11.1. The van der Waals surface area contributed by atoms with Crippen LogP contribution in [0.15, 0.2) is 35.7 Å². The van der Waals surface area contributed by atoms with E-state index < -0.39 is 29.7 Å². The van der Waals surface area contributed by atoms with Crippen molar-refractivity contribution in [3.05, 3.63) is 62.3 Å². The van der Waals surface area contributed by atoms with Gasteiger partial charge in [0, 0.05) is 10.6 Å². The van der Waals surface area contributed by atoms with Crippen LogP contribution in [0.2, 0.25) is 0 Å². The molecule has 0 saturated carbocycles. The lowest BCUT2D eigenvalue weighted by molar-refractivity contribution is -0.143. The topological polar surface area (TPSA) is 158 Å². The lowest BCUT2D eigenvalue weighted by atomic mass is 10.0. The Morgan fingerprint density at radius 2 is 1.91 bits per heavy atom. The first-order valence-electron chi connectivity index (χ1n) is 10.6. The maximum atomic E-state index is 13.9. The monoisotopic (exact) mass is 515 g/mol. The average molecular weight is 516 g/mol. The Kier molecular flexibility index (Phi) is 8.20. The normalized spacial score (nSPS) is 11.5. The third-order valence-corrected chi connectivity index (χ3v) is 7.02. The second-order valence-electron chi connectivity index (χ2n) is 7.47. The van der Waals surface area contributed by atoms with Crippen molar-refractivity contribution in [1.29, 1.82) is 0 Å². The second-order valence-corrected chi connectivity index (χ2v) is 9.23. The van der Waals surface area contributed by atoms with Crippen molar-refractivity contribution >= 4 is 57.9 Å². The summed E-state index contributed by atoms with van der Waals surface area (Å²) in [6.07, 6.45) is 0. The van der Waals surface area contributed by atoms with Crippen LogP contribution in [-0.4, -0.2) is 41.2 Å². The molecule has 0 fully saturated rings. The lowest BCUT2D eigenvalue weighted by Gasteiger charge is -2.31. The first kappa shape index (κ1) is 25.8. The van der Waals surface area contributed by atoms with Crippen LogP contribution in [0.1, 0.15) is 49.1 Å². The molecule has 3 amide bonds. The van der Waals surface area contributed by atoms with Gasteiger partial charge < -0.3 is 21.5 Å². The van der Waals surface area contributed by atoms with Gasteiger partial charge in [-0.25, -0.2) is 0 Å². The third-order valence-electron chi connectivity index (χ3n) is 5.24. The van der Waals surface area contributed by atoms with Gasteiger partial charge in [-0.15, -0.1) is 11.3 Å². The standard InChI is InChI=1S/C23H25N5O5S2/c1-4-33-16(29)11-26-22(31)19(15-9-6-10-34-15)28(14-8-5-7-12(2)13(14)3)23(32)20-17(24)18(21(25)30)27-35-20/h5-10,19H,4,11,24H2,1-3H3,(H2,25,30)(H,26,31)/t19-/m1/s1. The summed E-state index contributed by atoms with van der Waals surface area (Å²) in [6, 6.07) is 7.70. The number of nitrogen functional groups attached to an aromatic ring is 1. The van der Waals surface area contributed by atoms with Gasteiger partial charge in [-0.05, 0) is 60.9 Å². The molecule has 12 heteroatoms. The van der Waals surface area contributed by atoms with Gasteiger partial charge >= 0.3 is 5.97 Å². The zero-order valence-electron chi connectivity index (χ0n) is 19.4. The van der Waals surface area contributed by atoms with Gasteiger partial charge in [-0.2, -0.15) is 4.37 Å². The van der Waals surface area contributed by atoms with Crippen molar-refractivity contribution < 1.29 is 23.9 Å². The first-order valence-corrected chi connectivity index (χ1v) is 12.2. The van der Waals surface area contributed by atoms with Crippen LogP contribution in [-0.2, 0) is 14.3 Å². The van der Waals surface area contributed by atoms with E-state index >= 15 is 0 Å². The highest BCUT2D eigenvalue weighted by Gasteiger charge is 2.37. The Labute approximate surface area is 210 Å². The number of aromatic nitrogens is 1. The largest absolute Gasteiger partial charge is 0.465 e. The fourth-order valence-electron chi connectivity index (χ4n) is 3.39. The molecule has 5 N–H and O–H groups in total. The highest BCUT2D eigenvalue weighted by Crippen LogP contribution is 2.36. The predicted octanol–water partition coefficient (Wildman–Crippen LogP) is 2.57. The van der Waals surface area contributed by atoms with Crippen LogP contribution in [0.3, 0.4) is 0 Å². The van der Waals surface area contributed by atoms with Crippen LogP contribution in [0.5, 0.6) is 0 Å². The minimum atomic E-state index is -1.14. The van der Waals surface area contributed by atoms with Gasteiger partial charge in [0.2, 0.25) is 5.91 Å². The molecule has 3 rings (SSSR count). The van der Waals surface area contributed by atoms with E-state index in [1.54, 1.807) is 36.6 Å². The zero-order chi connectivity index (χ0) is 25.7. The highest BCUT2D eigenvalue weighted by molar-refractivity contribution is 7.10. The van der Waals surface area contributed by atoms with Gasteiger partial charge in [-0.1, -0.05) is 18.2 Å². The van der Waals surface area contributed by atoms with Gasteiger partial charge in [0.05, 0.1) is 12.3 Å². The molecule has 0 spiro atoms. The maximum absolute atomic E-state index is 13.9. The summed E-state index contributed by atoms with van der Waals surface area (Å²) in [4.78, 5) is 52.8. The van der Waals surface area contributed by atoms with Crippen molar-refractivity contribution in [2.75, 3.05) is 23.8 Å². The number of rotatable bonds is 9. The van der Waals surface area contributed by atoms with Crippen molar-refractivity contribution in [2.45, 2.75) is 26.8 Å². The number of carbonyl (C=O) groups excluding carboxylic acids is 4. The molecule has 0 saturated heterocycles. The summed E-state index contributed by atoms with van der Waals surface area (Å²) >= 11 is 2.00. The van der Waals surface area contributed by atoms with Gasteiger partial charge in [0.25, 0.3) is 11.8 Å². The minimum Gasteiger partial charge on any atom is -0.465 e. The number of nitrogens with two attached hydrogens (primary N) is 2. The number of nitrogens with one attached hydrogen (secondary N) is 1. The SMILES string of the molecule is CCOC(=O)CNC(=O)[C@@H](c1cccs1)N(C(=O)c1snc(C(N)=O)c1N)c1cccc(C)c1C. The van der Waals surface area contributed by atoms with E-state index in [0.717, 1.165) is 22.7 Å². The highest BCUT2D eigenvalue weighted by atomic mass is 32.1. The molecule has 0 aliphatic rings. The first-order chi connectivity index (χ1) is 16.7. The van der Waals surface area contributed by atoms with Crippen LogP contribution >= 0.6 is 22.9 Å². The number of anilines is 2. The van der Waals surface area contributed by atoms with E-state index in [4.69, 9.17) is 16.2 Å². The van der Waals surface area contributed by atoms with E-state index in [1.165, 1.54) is 16.2 Å². The molecule has 0 bridgehead atoms. The minimum absolute atomic E-state index is 0.0283. The lowest BCUT2D eigenvalue weighted by Crippen LogP contribution is -2.45. The number of thiophene rings is 1. The summed E-state index contributed by atoms with van der Waals surface area (Å²) < 4.78 is 8.84. The number of ether oxygens (including phenoxy) is 1. The number of aryl methyl sites for hydroxylation is 1. The molecule has 2 heterocycles. The Balaban J connectivity index is 2.15. The Hall–Kier alpha value is -3.77. The van der Waals surface area contributed by atoms with Crippen molar-refractivity contribution in [1.82, 2.24) is 9.69 Å². The molecular weight excluding hydrogens is 490 g/mol. The molecule has 0 aliphatic carbocycles. The molecule has 3 aromatic rings. The molecule has 1 atom stereocenters. The molecular formula is C23H25N5O5S2. The van der Waals surface area contributed by atoms with Crippen molar-refractivity contribution in [3.63, 3.8) is 0 Å². The zero-order valence-corrected chi connectivity index (χ0v) is 21.0. The molecule has 10 nitrogen and oxygen atoms in total. The fourth-order valence-corrected chi connectivity index (χ4v) is 4.94. The molecule has 2 aromatic heterocycles. The number of amides is 3. The molecule has 35 heavy (non-hydrogen) atoms. The average Bonchev–Trinajstić information content (AvgIpc) is 3.47. The van der Waals surface area contributed by atoms with Gasteiger partial charge in [-0.3, -0.25) is 24.1 Å². The van der Waals surface area contributed by atoms with Crippen LogP contribution in [0.25, 0.3) is 0 Å². The van der Waals surface area contributed by atoms with Crippen LogP contribution < -0.4 is 21.7 Å². The summed E-state index contributed by atoms with van der Waals surface area (Å²) in [5.74, 6) is -2.69. The quantitative estimate of drug-likeness (QED) is 0.370. The number of carbonyl (C=O) groups is 4. The number of benzene rings is 1. The van der Waals surface area contributed by atoms with E-state index in [0.29, 0.717) is 10.6 Å². The number of hydrogen-bond donors (Lipinski definition) is 3. The van der Waals surface area contributed by atoms with Crippen molar-refractivity contribution in [2.24, 2.45) is 5.73 Å². The van der Waals surface area contributed by atoms with Crippen molar-refractivity contribution in [3.8, 4) is 0 Å². The summed E-state index contributed by atoms with van der Waals surface area (Å²) in [5, 5.41) is 4.34. The number of primary amides is 1. The summed E-state index contributed by atoms with van der Waals surface area (Å²) in [6.45, 7) is 5.18. The Morgan fingerprint density at radius 3 is 2.51 bits per heavy atom. The summed E-state index contributed by atoms with van der Waals surface area (Å²) in [5.41, 5.74) is 13.1. The Bertz CT molecular complexity index is 1260. The molecule has 1 aromatic carbocycles. The van der Waals surface area contributed by atoms with E-state index in [2.05, 4.69) is 9.69 Å². The molecule has 184 valence electrons. The van der Waals surface area contributed by atoms with Gasteiger partial charge in [0.15, 0.2) is 11.7 Å².